The zero-order chi connectivity index (χ0) is 15.4. The third-order valence-corrected chi connectivity index (χ3v) is 3.39. The zero-order valence-corrected chi connectivity index (χ0v) is 12.3. The lowest BCUT2D eigenvalue weighted by atomic mass is 10.1. The van der Waals surface area contributed by atoms with Crippen molar-refractivity contribution in [2.24, 2.45) is 0 Å². The maximum Gasteiger partial charge on any atom is 0.221 e. The molecule has 110 valence electrons. The molecule has 0 aliphatic carbocycles. The van der Waals surface area contributed by atoms with Crippen molar-refractivity contribution in [3.63, 3.8) is 0 Å². The number of fused-ring (bicyclic) bond motifs is 1. The van der Waals surface area contributed by atoms with Crippen molar-refractivity contribution in [2.45, 2.75) is 13.5 Å². The third kappa shape index (κ3) is 3.23. The molecule has 0 unspecified atom stereocenters. The molecule has 0 saturated heterocycles. The van der Waals surface area contributed by atoms with Gasteiger partial charge in [0.05, 0.1) is 11.2 Å². The molecule has 0 spiro atoms. The minimum absolute atomic E-state index is 0.0623. The Balaban J connectivity index is 1.72. The number of nitrogens with zero attached hydrogens (tertiary/aromatic N) is 1. The van der Waals surface area contributed by atoms with Crippen molar-refractivity contribution < 1.29 is 4.79 Å². The highest BCUT2D eigenvalue weighted by Crippen LogP contribution is 2.21. The van der Waals surface area contributed by atoms with E-state index in [-0.39, 0.29) is 5.91 Å². The highest BCUT2D eigenvalue weighted by molar-refractivity contribution is 5.90. The number of amides is 1. The molecular formula is C18H17N3O. The fourth-order valence-electron chi connectivity index (χ4n) is 2.35. The summed E-state index contributed by atoms with van der Waals surface area (Å²) in [5, 5.41) is 7.29. The number of aromatic nitrogens is 1. The monoisotopic (exact) mass is 291 g/mol. The van der Waals surface area contributed by atoms with Gasteiger partial charge in [0.15, 0.2) is 0 Å². The Morgan fingerprint density at radius 3 is 2.59 bits per heavy atom. The van der Waals surface area contributed by atoms with E-state index < -0.39 is 0 Å². The van der Waals surface area contributed by atoms with Gasteiger partial charge in [-0.15, -0.1) is 0 Å². The van der Waals surface area contributed by atoms with Gasteiger partial charge in [-0.25, -0.2) is 0 Å². The first-order valence-corrected chi connectivity index (χ1v) is 7.16. The summed E-state index contributed by atoms with van der Waals surface area (Å²) in [6.45, 7) is 2.21. The highest BCUT2D eigenvalue weighted by Gasteiger charge is 2.02. The average molecular weight is 291 g/mol. The van der Waals surface area contributed by atoms with E-state index in [0.29, 0.717) is 6.54 Å². The predicted molar refractivity (Wildman–Crippen MR) is 89.8 cm³/mol. The SMILES string of the molecule is CC(=O)Nc1ccc(CNc2cccc3cccnc23)cc1. The molecule has 0 saturated carbocycles. The van der Waals surface area contributed by atoms with Gasteiger partial charge in [0.25, 0.3) is 0 Å². The summed E-state index contributed by atoms with van der Waals surface area (Å²) in [6.07, 6.45) is 1.80. The minimum atomic E-state index is -0.0623. The lowest BCUT2D eigenvalue weighted by Crippen LogP contribution is -2.06. The van der Waals surface area contributed by atoms with Gasteiger partial charge in [0.2, 0.25) is 5.91 Å². The van der Waals surface area contributed by atoms with Crippen LogP contribution in [0.15, 0.2) is 60.8 Å². The van der Waals surface area contributed by atoms with E-state index in [2.05, 4.69) is 27.8 Å². The predicted octanol–water partition coefficient (Wildman–Crippen LogP) is 3.81. The third-order valence-electron chi connectivity index (χ3n) is 3.39. The summed E-state index contributed by atoms with van der Waals surface area (Å²) >= 11 is 0. The van der Waals surface area contributed by atoms with Crippen LogP contribution >= 0.6 is 0 Å². The second kappa shape index (κ2) is 6.26. The molecule has 2 aromatic carbocycles. The number of carbonyl (C=O) groups excluding carboxylic acids is 1. The lowest BCUT2D eigenvalue weighted by molar-refractivity contribution is -0.114. The first-order valence-electron chi connectivity index (χ1n) is 7.16. The van der Waals surface area contributed by atoms with Crippen LogP contribution in [0, 0.1) is 0 Å². The molecule has 4 nitrogen and oxygen atoms in total. The minimum Gasteiger partial charge on any atom is -0.379 e. The molecular weight excluding hydrogens is 274 g/mol. The average Bonchev–Trinajstić information content (AvgIpc) is 2.54. The number of carbonyl (C=O) groups is 1. The lowest BCUT2D eigenvalue weighted by Gasteiger charge is -2.10. The quantitative estimate of drug-likeness (QED) is 0.768. The van der Waals surface area contributed by atoms with Crippen molar-refractivity contribution in [2.75, 3.05) is 10.6 Å². The molecule has 3 aromatic rings. The topological polar surface area (TPSA) is 54.0 Å². The first-order chi connectivity index (χ1) is 10.7. The molecule has 0 aliphatic heterocycles. The Labute approximate surface area is 129 Å². The van der Waals surface area contributed by atoms with Crippen molar-refractivity contribution in [3.05, 3.63) is 66.4 Å². The molecule has 1 amide bonds. The summed E-state index contributed by atoms with van der Waals surface area (Å²) in [5.74, 6) is -0.0623. The van der Waals surface area contributed by atoms with Gasteiger partial charge in [-0.1, -0.05) is 30.3 Å². The van der Waals surface area contributed by atoms with Crippen LogP contribution in [0.1, 0.15) is 12.5 Å². The number of nitrogens with one attached hydrogen (secondary N) is 2. The summed E-state index contributed by atoms with van der Waals surface area (Å²) in [5.41, 5.74) is 3.94. The Kier molecular flexibility index (Phi) is 4.01. The van der Waals surface area contributed by atoms with Crippen LogP contribution in [-0.2, 0) is 11.3 Å². The summed E-state index contributed by atoms with van der Waals surface area (Å²) in [6, 6.07) is 17.9. The van der Waals surface area contributed by atoms with E-state index in [1.54, 1.807) is 6.20 Å². The van der Waals surface area contributed by atoms with E-state index in [9.17, 15) is 4.79 Å². The first kappa shape index (κ1) is 14.1. The van der Waals surface area contributed by atoms with Crippen LogP contribution in [0.3, 0.4) is 0 Å². The standard InChI is InChI=1S/C18H17N3O/c1-13(22)21-16-9-7-14(8-10-16)12-20-17-6-2-4-15-5-3-11-19-18(15)17/h2-11,20H,12H2,1H3,(H,21,22). The summed E-state index contributed by atoms with van der Waals surface area (Å²) < 4.78 is 0. The van der Waals surface area contributed by atoms with Gasteiger partial charge in [0, 0.05) is 30.7 Å². The molecule has 0 aliphatic rings. The van der Waals surface area contributed by atoms with Crippen LogP contribution in [-0.4, -0.2) is 10.9 Å². The number of anilines is 2. The van der Waals surface area contributed by atoms with Gasteiger partial charge in [0.1, 0.15) is 0 Å². The zero-order valence-electron chi connectivity index (χ0n) is 12.3. The van der Waals surface area contributed by atoms with Gasteiger partial charge in [-0.05, 0) is 29.8 Å². The maximum absolute atomic E-state index is 11.0. The Morgan fingerprint density at radius 1 is 1.05 bits per heavy atom. The van der Waals surface area contributed by atoms with E-state index in [1.165, 1.54) is 6.92 Å². The molecule has 3 rings (SSSR count). The van der Waals surface area contributed by atoms with Crippen molar-refractivity contribution in [1.82, 2.24) is 4.98 Å². The largest absolute Gasteiger partial charge is 0.379 e. The fraction of sp³-hybridized carbons (Fsp3) is 0.111. The number of hydrogen-bond acceptors (Lipinski definition) is 3. The highest BCUT2D eigenvalue weighted by atomic mass is 16.1. The molecule has 1 heterocycles. The number of benzene rings is 2. The van der Waals surface area contributed by atoms with E-state index >= 15 is 0 Å². The van der Waals surface area contributed by atoms with Crippen LogP contribution in [0.2, 0.25) is 0 Å². The van der Waals surface area contributed by atoms with E-state index in [1.807, 2.05) is 42.5 Å². The molecule has 0 atom stereocenters. The summed E-state index contributed by atoms with van der Waals surface area (Å²) in [4.78, 5) is 15.4. The Bertz CT molecular complexity index is 792. The van der Waals surface area contributed by atoms with Crippen molar-refractivity contribution >= 4 is 28.2 Å². The molecule has 0 fully saturated rings. The molecule has 0 bridgehead atoms. The smallest absolute Gasteiger partial charge is 0.221 e. The summed E-state index contributed by atoms with van der Waals surface area (Å²) in [7, 11) is 0. The molecule has 0 radical (unpaired) electrons. The van der Waals surface area contributed by atoms with Crippen LogP contribution in [0.25, 0.3) is 10.9 Å². The molecule has 1 aromatic heterocycles. The number of hydrogen-bond donors (Lipinski definition) is 2. The molecule has 4 heteroatoms. The normalized spacial score (nSPS) is 10.4. The van der Waals surface area contributed by atoms with Gasteiger partial charge >= 0.3 is 0 Å². The number of para-hydroxylation sites is 1. The molecule has 22 heavy (non-hydrogen) atoms. The van der Waals surface area contributed by atoms with Crippen molar-refractivity contribution in [3.8, 4) is 0 Å². The Morgan fingerprint density at radius 2 is 1.82 bits per heavy atom. The Hall–Kier alpha value is -2.88. The van der Waals surface area contributed by atoms with Gasteiger partial charge in [-0.2, -0.15) is 0 Å². The van der Waals surface area contributed by atoms with Gasteiger partial charge in [-0.3, -0.25) is 9.78 Å². The van der Waals surface area contributed by atoms with Crippen LogP contribution in [0.5, 0.6) is 0 Å². The van der Waals surface area contributed by atoms with Crippen LogP contribution < -0.4 is 10.6 Å². The number of rotatable bonds is 4. The van der Waals surface area contributed by atoms with Crippen LogP contribution in [0.4, 0.5) is 11.4 Å². The van der Waals surface area contributed by atoms with E-state index in [4.69, 9.17) is 0 Å². The second-order valence-electron chi connectivity index (χ2n) is 5.11. The number of pyridine rings is 1. The fourth-order valence-corrected chi connectivity index (χ4v) is 2.35. The van der Waals surface area contributed by atoms with Crippen molar-refractivity contribution in [1.29, 1.82) is 0 Å². The van der Waals surface area contributed by atoms with E-state index in [0.717, 1.165) is 27.8 Å². The maximum atomic E-state index is 11.0. The van der Waals surface area contributed by atoms with Gasteiger partial charge < -0.3 is 10.6 Å². The molecule has 2 N–H and O–H groups in total. The second-order valence-corrected chi connectivity index (χ2v) is 5.11.